The minimum Gasteiger partial charge on any atom is -0.487 e. The standard InChI is InChI=1S/C23H30ClN5O4/c1-23(2,3)33-22(31)29-11-9-16-17(24)7-8-19(32-14-15-12-27(4)26-25-15)21(16)18(29)13-28-10-5-6-20(28)30/h7-8,12,18H,5-6,9-11,13-14H2,1-4H3/t18-/m1/s1. The molecule has 2 aromatic rings. The van der Waals surface area contributed by atoms with Crippen LogP contribution in [0.25, 0.3) is 0 Å². The van der Waals surface area contributed by atoms with Gasteiger partial charge in [-0.3, -0.25) is 14.4 Å². The number of amides is 2. The Bertz CT molecular complexity index is 1050. The molecule has 1 aromatic carbocycles. The summed E-state index contributed by atoms with van der Waals surface area (Å²) >= 11 is 6.58. The Hall–Kier alpha value is -2.81. The maximum atomic E-state index is 13.2. The number of nitrogens with zero attached hydrogens (tertiary/aromatic N) is 5. The van der Waals surface area contributed by atoms with Crippen molar-refractivity contribution in [2.75, 3.05) is 19.6 Å². The van der Waals surface area contributed by atoms with Gasteiger partial charge in [-0.05, 0) is 51.3 Å². The van der Waals surface area contributed by atoms with Crippen molar-refractivity contribution in [2.24, 2.45) is 7.05 Å². The third-order valence-electron chi connectivity index (χ3n) is 5.79. The highest BCUT2D eigenvalue weighted by Crippen LogP contribution is 2.41. The van der Waals surface area contributed by atoms with E-state index in [4.69, 9.17) is 21.1 Å². The van der Waals surface area contributed by atoms with Crippen LogP contribution >= 0.6 is 11.6 Å². The number of aryl methyl sites for hydroxylation is 1. The van der Waals surface area contributed by atoms with Crippen molar-refractivity contribution in [3.8, 4) is 5.75 Å². The summed E-state index contributed by atoms with van der Waals surface area (Å²) < 4.78 is 13.5. The van der Waals surface area contributed by atoms with Gasteiger partial charge in [0.1, 0.15) is 23.7 Å². The first-order valence-corrected chi connectivity index (χ1v) is 11.6. The van der Waals surface area contributed by atoms with Crippen molar-refractivity contribution in [1.29, 1.82) is 0 Å². The molecule has 1 fully saturated rings. The van der Waals surface area contributed by atoms with E-state index in [1.807, 2.05) is 37.8 Å². The Kier molecular flexibility index (Phi) is 6.52. The van der Waals surface area contributed by atoms with Crippen molar-refractivity contribution in [1.82, 2.24) is 24.8 Å². The molecular formula is C23H30ClN5O4. The van der Waals surface area contributed by atoms with Gasteiger partial charge < -0.3 is 14.4 Å². The number of hydrogen-bond acceptors (Lipinski definition) is 6. The SMILES string of the molecule is Cn1cc(COc2ccc(Cl)c3c2[C@@H](CN2CCCC2=O)N(C(=O)OC(C)(C)C)CC3)nn1. The summed E-state index contributed by atoms with van der Waals surface area (Å²) in [6, 6.07) is 3.20. The van der Waals surface area contributed by atoms with Crippen LogP contribution < -0.4 is 4.74 Å². The summed E-state index contributed by atoms with van der Waals surface area (Å²) in [4.78, 5) is 29.1. The first-order chi connectivity index (χ1) is 15.6. The average molecular weight is 476 g/mol. The molecular weight excluding hydrogens is 446 g/mol. The van der Waals surface area contributed by atoms with Crippen molar-refractivity contribution in [3.63, 3.8) is 0 Å². The first kappa shape index (κ1) is 23.4. The van der Waals surface area contributed by atoms with Crippen LogP contribution in [0.5, 0.6) is 5.75 Å². The molecule has 2 aliphatic rings. The molecule has 0 saturated carbocycles. The van der Waals surface area contributed by atoms with Crippen molar-refractivity contribution in [3.05, 3.63) is 40.2 Å². The van der Waals surface area contributed by atoms with E-state index in [0.29, 0.717) is 48.9 Å². The van der Waals surface area contributed by atoms with Gasteiger partial charge in [-0.25, -0.2) is 4.79 Å². The molecule has 0 radical (unpaired) electrons. The second-order valence-electron chi connectivity index (χ2n) is 9.49. The lowest BCUT2D eigenvalue weighted by atomic mass is 9.91. The zero-order chi connectivity index (χ0) is 23.8. The molecule has 0 unspecified atom stereocenters. The van der Waals surface area contributed by atoms with Crippen LogP contribution in [0.1, 0.15) is 56.5 Å². The summed E-state index contributed by atoms with van der Waals surface area (Å²) in [5, 5.41) is 8.65. The molecule has 0 spiro atoms. The maximum absolute atomic E-state index is 13.2. The number of aromatic nitrogens is 3. The van der Waals surface area contributed by atoms with Gasteiger partial charge in [-0.2, -0.15) is 0 Å². The minimum atomic E-state index is -0.634. The number of hydrogen-bond donors (Lipinski definition) is 0. The Morgan fingerprint density at radius 3 is 2.67 bits per heavy atom. The molecule has 3 heterocycles. The summed E-state index contributed by atoms with van der Waals surface area (Å²) in [5.74, 6) is 0.709. The van der Waals surface area contributed by atoms with Crippen LogP contribution in [0.15, 0.2) is 18.3 Å². The van der Waals surface area contributed by atoms with Gasteiger partial charge in [-0.1, -0.05) is 16.8 Å². The lowest BCUT2D eigenvalue weighted by Gasteiger charge is -2.40. The molecule has 1 aromatic heterocycles. The Balaban J connectivity index is 1.70. The van der Waals surface area contributed by atoms with Gasteiger partial charge in [0, 0.05) is 43.7 Å². The van der Waals surface area contributed by atoms with E-state index in [-0.39, 0.29) is 12.5 Å². The second-order valence-corrected chi connectivity index (χ2v) is 9.90. The molecule has 9 nitrogen and oxygen atoms in total. The normalized spacial score (nSPS) is 18.5. The molecule has 1 atom stereocenters. The maximum Gasteiger partial charge on any atom is 0.410 e. The molecule has 10 heteroatoms. The quantitative estimate of drug-likeness (QED) is 0.657. The number of carbonyl (C=O) groups excluding carboxylic acids is 2. The highest BCUT2D eigenvalue weighted by Gasteiger charge is 2.39. The molecule has 178 valence electrons. The van der Waals surface area contributed by atoms with E-state index >= 15 is 0 Å². The molecule has 2 aliphatic heterocycles. The van der Waals surface area contributed by atoms with Gasteiger partial charge in [0.05, 0.1) is 12.2 Å². The highest BCUT2D eigenvalue weighted by atomic mass is 35.5. The number of ether oxygens (including phenoxy) is 2. The lowest BCUT2D eigenvalue weighted by molar-refractivity contribution is -0.128. The molecule has 33 heavy (non-hydrogen) atoms. The smallest absolute Gasteiger partial charge is 0.410 e. The van der Waals surface area contributed by atoms with E-state index < -0.39 is 17.7 Å². The number of rotatable bonds is 5. The van der Waals surface area contributed by atoms with Crippen LogP contribution in [0, 0.1) is 0 Å². The topological polar surface area (TPSA) is 89.8 Å². The number of fused-ring (bicyclic) bond motifs is 1. The van der Waals surface area contributed by atoms with Gasteiger partial charge in [0.2, 0.25) is 5.91 Å². The van der Waals surface area contributed by atoms with Gasteiger partial charge in [0.25, 0.3) is 0 Å². The summed E-state index contributed by atoms with van der Waals surface area (Å²) in [5.41, 5.74) is 1.81. The third kappa shape index (κ3) is 5.24. The van der Waals surface area contributed by atoms with Crippen LogP contribution in [-0.4, -0.2) is 62.0 Å². The van der Waals surface area contributed by atoms with Crippen molar-refractivity contribution < 1.29 is 19.1 Å². The largest absolute Gasteiger partial charge is 0.487 e. The van der Waals surface area contributed by atoms with E-state index in [0.717, 1.165) is 17.5 Å². The fourth-order valence-corrected chi connectivity index (χ4v) is 4.61. The van der Waals surface area contributed by atoms with Crippen LogP contribution in [0.2, 0.25) is 5.02 Å². The monoisotopic (exact) mass is 475 g/mol. The van der Waals surface area contributed by atoms with Gasteiger partial charge >= 0.3 is 6.09 Å². The predicted octanol–water partition coefficient (Wildman–Crippen LogP) is 3.50. The fourth-order valence-electron chi connectivity index (χ4n) is 4.35. The molecule has 0 N–H and O–H groups in total. The number of carbonyl (C=O) groups is 2. The average Bonchev–Trinajstić information content (AvgIpc) is 3.34. The van der Waals surface area contributed by atoms with Gasteiger partial charge in [0.15, 0.2) is 0 Å². The highest BCUT2D eigenvalue weighted by molar-refractivity contribution is 6.31. The Labute approximate surface area is 198 Å². The molecule has 4 rings (SSSR count). The summed E-state index contributed by atoms with van der Waals surface area (Å²) in [6.07, 6.45) is 3.29. The molecule has 0 aliphatic carbocycles. The van der Waals surface area contributed by atoms with E-state index in [1.54, 1.807) is 22.8 Å². The fraction of sp³-hybridized carbons (Fsp3) is 0.565. The zero-order valence-electron chi connectivity index (χ0n) is 19.5. The lowest BCUT2D eigenvalue weighted by Crippen LogP contribution is -2.47. The molecule has 1 saturated heterocycles. The second kappa shape index (κ2) is 9.21. The van der Waals surface area contributed by atoms with Crippen LogP contribution in [0.4, 0.5) is 4.79 Å². The van der Waals surface area contributed by atoms with E-state index in [2.05, 4.69) is 10.3 Å². The van der Waals surface area contributed by atoms with Crippen molar-refractivity contribution in [2.45, 2.75) is 58.3 Å². The first-order valence-electron chi connectivity index (χ1n) is 11.2. The number of likely N-dealkylation sites (tertiary alicyclic amines) is 1. The number of halogens is 1. The summed E-state index contributed by atoms with van der Waals surface area (Å²) in [7, 11) is 1.79. The number of benzene rings is 1. The Morgan fingerprint density at radius 2 is 2.03 bits per heavy atom. The minimum absolute atomic E-state index is 0.0929. The van der Waals surface area contributed by atoms with Gasteiger partial charge in [-0.15, -0.1) is 5.10 Å². The summed E-state index contributed by atoms with van der Waals surface area (Å²) in [6.45, 7) is 7.23. The van der Waals surface area contributed by atoms with E-state index in [9.17, 15) is 9.59 Å². The van der Waals surface area contributed by atoms with Crippen molar-refractivity contribution >= 4 is 23.6 Å². The third-order valence-corrected chi connectivity index (χ3v) is 6.14. The van der Waals surface area contributed by atoms with Crippen LogP contribution in [0.3, 0.4) is 0 Å². The molecule has 2 amide bonds. The zero-order valence-corrected chi connectivity index (χ0v) is 20.3. The predicted molar refractivity (Wildman–Crippen MR) is 122 cm³/mol. The van der Waals surface area contributed by atoms with E-state index in [1.165, 1.54) is 0 Å². The van der Waals surface area contributed by atoms with Crippen LogP contribution in [-0.2, 0) is 29.6 Å². The molecule has 0 bridgehead atoms. The Morgan fingerprint density at radius 1 is 1.24 bits per heavy atom.